The predicted octanol–water partition coefficient (Wildman–Crippen LogP) is 5.63. The Morgan fingerprint density at radius 1 is 1.21 bits per heavy atom. The summed E-state index contributed by atoms with van der Waals surface area (Å²) in [5, 5.41) is 0. The van der Waals surface area contributed by atoms with Crippen LogP contribution >= 0.6 is 0 Å². The molecule has 1 aromatic rings. The van der Waals surface area contributed by atoms with Gasteiger partial charge in [0.15, 0.2) is 0 Å². The van der Waals surface area contributed by atoms with Crippen LogP contribution in [0.4, 0.5) is 4.79 Å². The van der Waals surface area contributed by atoms with Gasteiger partial charge < -0.3 is 19.2 Å². The summed E-state index contributed by atoms with van der Waals surface area (Å²) < 4.78 is 11.5. The number of carbonyl (C=O) groups excluding carboxylic acids is 2. The lowest BCUT2D eigenvalue weighted by Crippen LogP contribution is -2.43. The second-order valence-corrected chi connectivity index (χ2v) is 8.74. The summed E-state index contributed by atoms with van der Waals surface area (Å²) in [6.45, 7) is 11.0. The number of nitrogens with zero attached hydrogens (tertiary/aromatic N) is 1. The van der Waals surface area contributed by atoms with Gasteiger partial charge >= 0.3 is 6.09 Å². The molecule has 5 nitrogen and oxygen atoms in total. The minimum Gasteiger partial charge on any atom is -0.494 e. The second kappa shape index (κ2) is 10.7. The summed E-state index contributed by atoms with van der Waals surface area (Å²) in [5.41, 5.74) is 2.83. The van der Waals surface area contributed by atoms with E-state index in [0.717, 1.165) is 42.4 Å². The number of ether oxygens (including phenoxy) is 2. The Labute approximate surface area is 175 Å². The van der Waals surface area contributed by atoms with Gasteiger partial charge in [0.2, 0.25) is 0 Å². The molecule has 0 spiro atoms. The molecule has 0 saturated heterocycles. The summed E-state index contributed by atoms with van der Waals surface area (Å²) in [4.78, 5) is 25.9. The molecule has 1 amide bonds. The highest BCUT2D eigenvalue weighted by Gasteiger charge is 2.34. The topological polar surface area (TPSA) is 55.8 Å². The van der Waals surface area contributed by atoms with Gasteiger partial charge in [0.25, 0.3) is 0 Å². The molecule has 1 aliphatic heterocycles. The first kappa shape index (κ1) is 23.2. The number of hydrogen-bond acceptors (Lipinski definition) is 4. The molecule has 1 atom stereocenters. The number of amides is 1. The number of rotatable bonds is 9. The van der Waals surface area contributed by atoms with Crippen LogP contribution in [-0.2, 0) is 22.4 Å². The van der Waals surface area contributed by atoms with Crippen molar-refractivity contribution in [2.45, 2.75) is 91.2 Å². The highest BCUT2D eigenvalue weighted by molar-refractivity contribution is 5.70. The first-order valence-corrected chi connectivity index (χ1v) is 11.0. The molecule has 5 heteroatoms. The summed E-state index contributed by atoms with van der Waals surface area (Å²) in [6.07, 6.45) is 7.24. The number of unbranched alkanes of at least 4 members (excludes halogenated alkanes) is 3. The Morgan fingerprint density at radius 2 is 1.97 bits per heavy atom. The third kappa shape index (κ3) is 6.48. The lowest BCUT2D eigenvalue weighted by Gasteiger charge is -2.38. The van der Waals surface area contributed by atoms with Gasteiger partial charge in [-0.05, 0) is 75.8 Å². The summed E-state index contributed by atoms with van der Waals surface area (Å²) in [6, 6.07) is 4.01. The van der Waals surface area contributed by atoms with Crippen LogP contribution in [0.25, 0.3) is 0 Å². The largest absolute Gasteiger partial charge is 0.494 e. The molecule has 0 aromatic heterocycles. The summed E-state index contributed by atoms with van der Waals surface area (Å²) in [5.74, 6) is 0.943. The molecule has 29 heavy (non-hydrogen) atoms. The van der Waals surface area contributed by atoms with Crippen molar-refractivity contribution >= 4 is 12.4 Å². The molecule has 0 saturated carbocycles. The molecule has 0 radical (unpaired) electrons. The zero-order valence-corrected chi connectivity index (χ0v) is 18.8. The number of carbonyl (C=O) groups is 2. The van der Waals surface area contributed by atoms with Gasteiger partial charge in [-0.2, -0.15) is 0 Å². The van der Waals surface area contributed by atoms with Gasteiger partial charge in [-0.1, -0.05) is 26.2 Å². The zero-order chi connectivity index (χ0) is 21.4. The van der Waals surface area contributed by atoms with E-state index in [9.17, 15) is 9.59 Å². The van der Waals surface area contributed by atoms with Crippen LogP contribution in [0.2, 0.25) is 0 Å². The molecule has 0 unspecified atom stereocenters. The summed E-state index contributed by atoms with van der Waals surface area (Å²) in [7, 11) is 0. The van der Waals surface area contributed by atoms with E-state index in [1.807, 2.05) is 27.7 Å². The molecule has 162 valence electrons. The average molecular weight is 404 g/mol. The third-order valence-electron chi connectivity index (χ3n) is 5.23. The van der Waals surface area contributed by atoms with Crippen LogP contribution in [0.3, 0.4) is 0 Å². The lowest BCUT2D eigenvalue weighted by molar-refractivity contribution is -0.109. The maximum absolute atomic E-state index is 12.8. The fourth-order valence-electron chi connectivity index (χ4n) is 3.89. The molecule has 0 N–H and O–H groups in total. The van der Waals surface area contributed by atoms with Crippen molar-refractivity contribution < 1.29 is 19.1 Å². The molecule has 0 aliphatic carbocycles. The highest BCUT2D eigenvalue weighted by atomic mass is 16.6. The fourth-order valence-corrected chi connectivity index (χ4v) is 3.89. The van der Waals surface area contributed by atoms with Gasteiger partial charge in [0.1, 0.15) is 17.6 Å². The molecular weight excluding hydrogens is 366 g/mol. The van der Waals surface area contributed by atoms with Gasteiger partial charge in [-0.3, -0.25) is 0 Å². The first-order chi connectivity index (χ1) is 13.8. The SMILES string of the molecule is CCCCCCc1cc2c(cc1OCC)CCN(C(=O)OC(C)(C)C)[C@@H]2CC=O. The smallest absolute Gasteiger partial charge is 0.410 e. The zero-order valence-electron chi connectivity index (χ0n) is 18.8. The van der Waals surface area contributed by atoms with E-state index in [1.165, 1.54) is 24.8 Å². The van der Waals surface area contributed by atoms with E-state index in [-0.39, 0.29) is 18.6 Å². The fraction of sp³-hybridized carbons (Fsp3) is 0.667. The monoisotopic (exact) mass is 403 g/mol. The number of fused-ring (bicyclic) bond motifs is 1. The lowest BCUT2D eigenvalue weighted by atomic mass is 9.88. The molecule has 2 rings (SSSR count). The van der Waals surface area contributed by atoms with E-state index in [4.69, 9.17) is 9.47 Å². The number of aldehydes is 1. The average Bonchev–Trinajstić information content (AvgIpc) is 2.64. The molecule has 1 aromatic carbocycles. The number of benzene rings is 1. The summed E-state index contributed by atoms with van der Waals surface area (Å²) >= 11 is 0. The van der Waals surface area contributed by atoms with Crippen molar-refractivity contribution in [3.63, 3.8) is 0 Å². The van der Waals surface area contributed by atoms with Crippen LogP contribution in [0.5, 0.6) is 5.75 Å². The number of hydrogen-bond donors (Lipinski definition) is 0. The van der Waals surface area contributed by atoms with Crippen LogP contribution in [0.15, 0.2) is 12.1 Å². The minimum absolute atomic E-state index is 0.273. The normalized spacial score (nSPS) is 16.3. The van der Waals surface area contributed by atoms with Gasteiger partial charge in [-0.15, -0.1) is 0 Å². The Bertz CT molecular complexity index is 693. The van der Waals surface area contributed by atoms with Crippen molar-refractivity contribution in [2.75, 3.05) is 13.2 Å². The molecular formula is C24H37NO4. The first-order valence-electron chi connectivity index (χ1n) is 11.0. The van der Waals surface area contributed by atoms with Gasteiger partial charge in [0.05, 0.1) is 12.6 Å². The van der Waals surface area contributed by atoms with Gasteiger partial charge in [-0.25, -0.2) is 4.79 Å². The van der Waals surface area contributed by atoms with Crippen LogP contribution < -0.4 is 4.74 Å². The Hall–Kier alpha value is -2.04. The van der Waals surface area contributed by atoms with E-state index in [1.54, 1.807) is 4.90 Å². The van der Waals surface area contributed by atoms with Crippen LogP contribution in [0, 0.1) is 0 Å². The van der Waals surface area contributed by atoms with Crippen molar-refractivity contribution in [3.05, 3.63) is 28.8 Å². The standard InChI is InChI=1S/C24H37NO4/c1-6-8-9-10-11-19-16-20-18(17-22(19)28-7-2)12-14-25(21(20)13-15-26)23(27)29-24(3,4)5/h15-17,21H,6-14H2,1-5H3/t21-/m1/s1. The molecule has 0 bridgehead atoms. The maximum atomic E-state index is 12.8. The Kier molecular flexibility index (Phi) is 8.54. The predicted molar refractivity (Wildman–Crippen MR) is 116 cm³/mol. The van der Waals surface area contributed by atoms with Crippen molar-refractivity contribution in [2.24, 2.45) is 0 Å². The molecule has 1 aliphatic rings. The third-order valence-corrected chi connectivity index (χ3v) is 5.23. The van der Waals surface area contributed by atoms with Crippen molar-refractivity contribution in [1.82, 2.24) is 4.90 Å². The van der Waals surface area contributed by atoms with Crippen LogP contribution in [0.1, 0.15) is 89.5 Å². The minimum atomic E-state index is -0.563. The Morgan fingerprint density at radius 3 is 2.59 bits per heavy atom. The Balaban J connectivity index is 2.34. The van der Waals surface area contributed by atoms with Crippen molar-refractivity contribution in [3.8, 4) is 5.75 Å². The van der Waals surface area contributed by atoms with Gasteiger partial charge in [0, 0.05) is 13.0 Å². The quantitative estimate of drug-likeness (QED) is 0.396. The van der Waals surface area contributed by atoms with E-state index < -0.39 is 5.60 Å². The van der Waals surface area contributed by atoms with E-state index >= 15 is 0 Å². The highest BCUT2D eigenvalue weighted by Crippen LogP contribution is 2.37. The van der Waals surface area contributed by atoms with Crippen LogP contribution in [-0.4, -0.2) is 36.0 Å². The van der Waals surface area contributed by atoms with E-state index in [0.29, 0.717) is 13.2 Å². The molecule has 0 fully saturated rings. The van der Waals surface area contributed by atoms with E-state index in [2.05, 4.69) is 19.1 Å². The number of aryl methyl sites for hydroxylation is 1. The second-order valence-electron chi connectivity index (χ2n) is 8.74. The maximum Gasteiger partial charge on any atom is 0.410 e. The van der Waals surface area contributed by atoms with Crippen molar-refractivity contribution in [1.29, 1.82) is 0 Å². The molecule has 1 heterocycles.